The van der Waals surface area contributed by atoms with Crippen LogP contribution in [0.5, 0.6) is 0 Å². The Kier molecular flexibility index (Phi) is 6.45. The highest BCUT2D eigenvalue weighted by Gasteiger charge is 2.25. The Balaban J connectivity index is 2.40. The molecule has 0 aromatic carbocycles. The van der Waals surface area contributed by atoms with Gasteiger partial charge in [-0.1, -0.05) is 0 Å². The van der Waals surface area contributed by atoms with Crippen molar-refractivity contribution in [3.8, 4) is 0 Å². The number of carboxylic acids is 1. The van der Waals surface area contributed by atoms with Crippen molar-refractivity contribution in [3.05, 3.63) is 0 Å². The molecule has 0 unspecified atom stereocenters. The lowest BCUT2D eigenvalue weighted by Crippen LogP contribution is -2.43. The number of carboxylic acid groups (broad SMARTS) is 1. The van der Waals surface area contributed by atoms with Gasteiger partial charge in [-0.05, 0) is 72.5 Å². The van der Waals surface area contributed by atoms with Gasteiger partial charge in [-0.3, -0.25) is 0 Å². The van der Waals surface area contributed by atoms with Crippen molar-refractivity contribution in [2.24, 2.45) is 5.92 Å². The molecule has 1 fully saturated rings. The van der Waals surface area contributed by atoms with Gasteiger partial charge in [-0.2, -0.15) is 0 Å². The van der Waals surface area contributed by atoms with Gasteiger partial charge in [0.2, 0.25) is 0 Å². The first-order chi connectivity index (χ1) is 9.67. The Morgan fingerprint density at radius 3 is 2.38 bits per heavy atom. The molecule has 0 saturated carbocycles. The van der Waals surface area contributed by atoms with Crippen LogP contribution in [0, 0.1) is 5.92 Å². The summed E-state index contributed by atoms with van der Waals surface area (Å²) in [6.45, 7) is 7.37. The summed E-state index contributed by atoms with van der Waals surface area (Å²) in [5, 5.41) is 11.7. The number of carbonyl (C=O) groups is 2. The number of carbonyl (C=O) groups excluding carboxylic acids is 1. The van der Waals surface area contributed by atoms with Crippen LogP contribution < -0.4 is 5.32 Å². The maximum Gasteiger partial charge on any atom is 0.408 e. The summed E-state index contributed by atoms with van der Waals surface area (Å²) in [6, 6.07) is -0.875. The number of amides is 1. The fourth-order valence-corrected chi connectivity index (χ4v) is 2.46. The molecule has 0 radical (unpaired) electrons. The Labute approximate surface area is 126 Å². The molecular formula is C15H28N2O4. The highest BCUT2D eigenvalue weighted by atomic mass is 16.6. The highest BCUT2D eigenvalue weighted by Crippen LogP contribution is 2.22. The zero-order valence-electron chi connectivity index (χ0n) is 13.5. The van der Waals surface area contributed by atoms with Crippen LogP contribution in [0.4, 0.5) is 4.79 Å². The summed E-state index contributed by atoms with van der Waals surface area (Å²) in [7, 11) is 2.10. The van der Waals surface area contributed by atoms with Crippen molar-refractivity contribution >= 4 is 12.1 Å². The van der Waals surface area contributed by atoms with E-state index in [1.165, 1.54) is 0 Å². The number of hydrogen-bond acceptors (Lipinski definition) is 4. The minimum atomic E-state index is -1.01. The van der Waals surface area contributed by atoms with Gasteiger partial charge < -0.3 is 20.1 Å². The smallest absolute Gasteiger partial charge is 0.408 e. The van der Waals surface area contributed by atoms with E-state index in [9.17, 15) is 14.7 Å². The summed E-state index contributed by atoms with van der Waals surface area (Å²) < 4.78 is 5.10. The molecule has 0 aliphatic carbocycles. The highest BCUT2D eigenvalue weighted by molar-refractivity contribution is 5.79. The molecule has 1 amide bonds. The van der Waals surface area contributed by atoms with Crippen LogP contribution in [0.1, 0.15) is 46.5 Å². The van der Waals surface area contributed by atoms with Gasteiger partial charge in [0.1, 0.15) is 11.6 Å². The summed E-state index contributed by atoms with van der Waals surface area (Å²) in [5.74, 6) is -0.461. The van der Waals surface area contributed by atoms with E-state index in [-0.39, 0.29) is 0 Å². The molecule has 2 N–H and O–H groups in total. The predicted octanol–water partition coefficient (Wildman–Crippen LogP) is 2.09. The maximum atomic E-state index is 11.7. The Morgan fingerprint density at radius 2 is 1.90 bits per heavy atom. The predicted molar refractivity (Wildman–Crippen MR) is 80.2 cm³/mol. The number of rotatable bonds is 5. The van der Waals surface area contributed by atoms with E-state index >= 15 is 0 Å². The monoisotopic (exact) mass is 300 g/mol. The molecule has 1 rings (SSSR count). The van der Waals surface area contributed by atoms with E-state index in [2.05, 4.69) is 17.3 Å². The molecule has 0 bridgehead atoms. The van der Waals surface area contributed by atoms with Crippen LogP contribution in [0.25, 0.3) is 0 Å². The van der Waals surface area contributed by atoms with E-state index in [0.29, 0.717) is 12.3 Å². The summed E-state index contributed by atoms with van der Waals surface area (Å²) in [6.07, 6.45) is 2.78. The second-order valence-corrected chi connectivity index (χ2v) is 6.86. The van der Waals surface area contributed by atoms with Crippen LogP contribution in [-0.4, -0.2) is 53.8 Å². The zero-order valence-corrected chi connectivity index (χ0v) is 13.5. The molecular weight excluding hydrogens is 272 g/mol. The van der Waals surface area contributed by atoms with E-state index in [4.69, 9.17) is 4.74 Å². The van der Waals surface area contributed by atoms with Crippen molar-refractivity contribution in [2.75, 3.05) is 20.1 Å². The topological polar surface area (TPSA) is 78.9 Å². The van der Waals surface area contributed by atoms with Crippen LogP contribution >= 0.6 is 0 Å². The third kappa shape index (κ3) is 7.32. The van der Waals surface area contributed by atoms with E-state index in [0.717, 1.165) is 32.4 Å². The zero-order chi connectivity index (χ0) is 16.0. The lowest BCUT2D eigenvalue weighted by Gasteiger charge is -2.29. The van der Waals surface area contributed by atoms with Gasteiger partial charge in [0.05, 0.1) is 0 Å². The minimum absolute atomic E-state index is 0.447. The van der Waals surface area contributed by atoms with Gasteiger partial charge in [0, 0.05) is 0 Å². The van der Waals surface area contributed by atoms with E-state index in [1.807, 2.05) is 0 Å². The van der Waals surface area contributed by atoms with Crippen molar-refractivity contribution < 1.29 is 19.4 Å². The molecule has 1 aliphatic heterocycles. The van der Waals surface area contributed by atoms with E-state index in [1.54, 1.807) is 20.8 Å². The van der Waals surface area contributed by atoms with Crippen LogP contribution in [0.15, 0.2) is 0 Å². The van der Waals surface area contributed by atoms with Crippen LogP contribution in [0.3, 0.4) is 0 Å². The first-order valence-electron chi connectivity index (χ1n) is 7.58. The first-order valence-corrected chi connectivity index (χ1v) is 7.58. The van der Waals surface area contributed by atoms with Crippen molar-refractivity contribution in [1.29, 1.82) is 0 Å². The van der Waals surface area contributed by atoms with Crippen molar-refractivity contribution in [3.63, 3.8) is 0 Å². The molecule has 122 valence electrons. The molecule has 0 aromatic rings. The average molecular weight is 300 g/mol. The van der Waals surface area contributed by atoms with Crippen molar-refractivity contribution in [2.45, 2.75) is 58.1 Å². The average Bonchev–Trinajstić information content (AvgIpc) is 2.33. The summed E-state index contributed by atoms with van der Waals surface area (Å²) >= 11 is 0. The SMILES string of the molecule is CN1CCC(CC[C@H](NC(=O)OC(C)(C)C)C(=O)O)CC1. The third-order valence-electron chi connectivity index (χ3n) is 3.69. The largest absolute Gasteiger partial charge is 0.480 e. The number of nitrogens with one attached hydrogen (secondary N) is 1. The standard InChI is InChI=1S/C15H28N2O4/c1-15(2,3)21-14(20)16-12(13(18)19)6-5-11-7-9-17(4)10-8-11/h11-12H,5-10H2,1-4H3,(H,16,20)(H,18,19)/t12-/m0/s1. The number of piperidine rings is 1. The fourth-order valence-electron chi connectivity index (χ4n) is 2.46. The number of likely N-dealkylation sites (tertiary alicyclic amines) is 1. The summed E-state index contributed by atoms with van der Waals surface area (Å²) in [4.78, 5) is 25.2. The quantitative estimate of drug-likeness (QED) is 0.813. The number of alkyl carbamates (subject to hydrolysis) is 1. The Bertz CT molecular complexity index is 357. The molecule has 1 saturated heterocycles. The van der Waals surface area contributed by atoms with Gasteiger partial charge in [-0.25, -0.2) is 9.59 Å². The maximum absolute atomic E-state index is 11.7. The van der Waals surface area contributed by atoms with Crippen LogP contribution in [-0.2, 0) is 9.53 Å². The number of nitrogens with zero attached hydrogens (tertiary/aromatic N) is 1. The van der Waals surface area contributed by atoms with Crippen LogP contribution in [0.2, 0.25) is 0 Å². The molecule has 1 aliphatic rings. The molecule has 6 heteroatoms. The Hall–Kier alpha value is -1.30. The molecule has 1 atom stereocenters. The summed E-state index contributed by atoms with van der Waals surface area (Å²) in [5.41, 5.74) is -0.624. The second kappa shape index (κ2) is 7.64. The third-order valence-corrected chi connectivity index (χ3v) is 3.69. The molecule has 1 heterocycles. The number of hydrogen-bond donors (Lipinski definition) is 2. The van der Waals surface area contributed by atoms with Crippen molar-refractivity contribution in [1.82, 2.24) is 10.2 Å². The van der Waals surface area contributed by atoms with E-state index < -0.39 is 23.7 Å². The lowest BCUT2D eigenvalue weighted by molar-refractivity contribution is -0.139. The molecule has 0 aromatic heterocycles. The molecule has 6 nitrogen and oxygen atoms in total. The van der Waals surface area contributed by atoms with Gasteiger partial charge in [-0.15, -0.1) is 0 Å². The lowest BCUT2D eigenvalue weighted by atomic mass is 9.91. The molecule has 0 spiro atoms. The number of aliphatic carboxylic acids is 1. The second-order valence-electron chi connectivity index (χ2n) is 6.86. The normalized spacial score (nSPS) is 19.0. The fraction of sp³-hybridized carbons (Fsp3) is 0.867. The minimum Gasteiger partial charge on any atom is -0.480 e. The first kappa shape index (κ1) is 17.8. The Morgan fingerprint density at radius 1 is 1.33 bits per heavy atom. The number of ether oxygens (including phenoxy) is 1. The van der Waals surface area contributed by atoms with Gasteiger partial charge in [0.25, 0.3) is 0 Å². The molecule has 21 heavy (non-hydrogen) atoms. The van der Waals surface area contributed by atoms with Gasteiger partial charge in [0.15, 0.2) is 0 Å². The van der Waals surface area contributed by atoms with Gasteiger partial charge >= 0.3 is 12.1 Å².